The monoisotopic (exact) mass is 362 g/mol. The SMILES string of the molecule is Cc1c(C(=O)NCCC(=O)NC2CCCCC2)nnn1C1CCNCC1. The summed E-state index contributed by atoms with van der Waals surface area (Å²) in [6.45, 7) is 4.12. The van der Waals surface area contributed by atoms with Crippen LogP contribution < -0.4 is 16.0 Å². The Labute approximate surface area is 154 Å². The van der Waals surface area contributed by atoms with E-state index in [4.69, 9.17) is 0 Å². The van der Waals surface area contributed by atoms with Gasteiger partial charge in [-0.15, -0.1) is 5.10 Å². The number of carbonyl (C=O) groups excluding carboxylic acids is 2. The van der Waals surface area contributed by atoms with E-state index in [0.717, 1.165) is 44.5 Å². The Morgan fingerprint density at radius 3 is 2.62 bits per heavy atom. The molecule has 0 unspecified atom stereocenters. The van der Waals surface area contributed by atoms with Crippen molar-refractivity contribution in [2.75, 3.05) is 19.6 Å². The maximum Gasteiger partial charge on any atom is 0.273 e. The van der Waals surface area contributed by atoms with Gasteiger partial charge in [-0.1, -0.05) is 24.5 Å². The summed E-state index contributed by atoms with van der Waals surface area (Å²) in [5.74, 6) is -0.250. The van der Waals surface area contributed by atoms with Crippen LogP contribution in [-0.4, -0.2) is 52.5 Å². The first-order valence-corrected chi connectivity index (χ1v) is 9.85. The van der Waals surface area contributed by atoms with Crippen LogP contribution in [0, 0.1) is 6.92 Å². The maximum absolute atomic E-state index is 12.4. The summed E-state index contributed by atoms with van der Waals surface area (Å²) in [4.78, 5) is 24.4. The molecule has 3 rings (SSSR count). The number of piperidine rings is 1. The molecular formula is C18H30N6O2. The average molecular weight is 362 g/mol. The molecule has 0 bridgehead atoms. The Hall–Kier alpha value is -1.96. The molecule has 8 heteroatoms. The predicted octanol–water partition coefficient (Wildman–Crippen LogP) is 1.08. The molecule has 1 aromatic rings. The van der Waals surface area contributed by atoms with Crippen LogP contribution in [0.2, 0.25) is 0 Å². The second-order valence-corrected chi connectivity index (χ2v) is 7.36. The van der Waals surface area contributed by atoms with Crippen molar-refractivity contribution in [1.82, 2.24) is 30.9 Å². The lowest BCUT2D eigenvalue weighted by atomic mass is 9.95. The van der Waals surface area contributed by atoms with Gasteiger partial charge in [0, 0.05) is 19.0 Å². The Bertz CT molecular complexity index is 617. The fourth-order valence-electron chi connectivity index (χ4n) is 3.87. The van der Waals surface area contributed by atoms with Crippen LogP contribution in [0.5, 0.6) is 0 Å². The molecule has 0 radical (unpaired) electrons. The van der Waals surface area contributed by atoms with Crippen LogP contribution in [0.25, 0.3) is 0 Å². The van der Waals surface area contributed by atoms with E-state index in [9.17, 15) is 9.59 Å². The predicted molar refractivity (Wildman–Crippen MR) is 97.9 cm³/mol. The molecule has 2 aliphatic rings. The summed E-state index contributed by atoms with van der Waals surface area (Å²) >= 11 is 0. The first-order chi connectivity index (χ1) is 12.6. The van der Waals surface area contributed by atoms with Gasteiger partial charge in [0.05, 0.1) is 11.7 Å². The quantitative estimate of drug-likeness (QED) is 0.703. The highest BCUT2D eigenvalue weighted by atomic mass is 16.2. The first-order valence-electron chi connectivity index (χ1n) is 9.85. The lowest BCUT2D eigenvalue weighted by Gasteiger charge is -2.23. The van der Waals surface area contributed by atoms with Crippen LogP contribution in [-0.2, 0) is 4.79 Å². The molecule has 1 aliphatic heterocycles. The molecule has 1 saturated carbocycles. The number of hydrogen-bond acceptors (Lipinski definition) is 5. The van der Waals surface area contributed by atoms with Gasteiger partial charge in [0.25, 0.3) is 5.91 Å². The van der Waals surface area contributed by atoms with E-state index in [1.807, 2.05) is 11.6 Å². The first kappa shape index (κ1) is 18.8. The van der Waals surface area contributed by atoms with Gasteiger partial charge in [0.2, 0.25) is 5.91 Å². The molecule has 1 aliphatic carbocycles. The molecule has 2 fully saturated rings. The van der Waals surface area contributed by atoms with Gasteiger partial charge < -0.3 is 16.0 Å². The standard InChI is InChI=1S/C18H30N6O2/c1-13-17(22-23-24(13)15-7-10-19-11-8-15)18(26)20-12-9-16(25)21-14-5-3-2-4-6-14/h14-15,19H,2-12H2,1H3,(H,20,26)(H,21,25). The molecule has 3 N–H and O–H groups in total. The van der Waals surface area contributed by atoms with Crippen molar-refractivity contribution < 1.29 is 9.59 Å². The van der Waals surface area contributed by atoms with Gasteiger partial charge in [0.15, 0.2) is 5.69 Å². The van der Waals surface area contributed by atoms with E-state index in [-0.39, 0.29) is 11.8 Å². The second-order valence-electron chi connectivity index (χ2n) is 7.36. The van der Waals surface area contributed by atoms with E-state index >= 15 is 0 Å². The summed E-state index contributed by atoms with van der Waals surface area (Å²) in [6.07, 6.45) is 8.05. The van der Waals surface area contributed by atoms with Crippen molar-refractivity contribution in [3.8, 4) is 0 Å². The fourth-order valence-corrected chi connectivity index (χ4v) is 3.87. The Morgan fingerprint density at radius 2 is 1.88 bits per heavy atom. The van der Waals surface area contributed by atoms with E-state index in [2.05, 4.69) is 26.3 Å². The summed E-state index contributed by atoms with van der Waals surface area (Å²) in [6, 6.07) is 0.602. The summed E-state index contributed by atoms with van der Waals surface area (Å²) < 4.78 is 1.87. The molecule has 1 saturated heterocycles. The molecule has 2 heterocycles. The molecule has 0 spiro atoms. The number of aromatic nitrogens is 3. The minimum absolute atomic E-state index is 0.00674. The van der Waals surface area contributed by atoms with Crippen LogP contribution >= 0.6 is 0 Å². The average Bonchev–Trinajstić information content (AvgIpc) is 3.04. The Morgan fingerprint density at radius 1 is 1.15 bits per heavy atom. The van der Waals surface area contributed by atoms with E-state index < -0.39 is 0 Å². The smallest absolute Gasteiger partial charge is 0.273 e. The Kier molecular flexibility index (Phi) is 6.60. The normalized spacial score (nSPS) is 19.3. The summed E-state index contributed by atoms with van der Waals surface area (Å²) in [7, 11) is 0. The fraction of sp³-hybridized carbons (Fsp3) is 0.778. The van der Waals surface area contributed by atoms with Gasteiger partial charge >= 0.3 is 0 Å². The van der Waals surface area contributed by atoms with Gasteiger partial charge in [-0.05, 0) is 45.7 Å². The Balaban J connectivity index is 1.44. The molecule has 1 aromatic heterocycles. The zero-order valence-electron chi connectivity index (χ0n) is 15.6. The highest BCUT2D eigenvalue weighted by molar-refractivity contribution is 5.93. The molecular weight excluding hydrogens is 332 g/mol. The zero-order valence-corrected chi connectivity index (χ0v) is 15.6. The van der Waals surface area contributed by atoms with E-state index in [1.54, 1.807) is 0 Å². The van der Waals surface area contributed by atoms with E-state index in [0.29, 0.717) is 30.7 Å². The number of amides is 2. The summed E-state index contributed by atoms with van der Waals surface area (Å²) in [5.41, 5.74) is 1.15. The molecule has 0 atom stereocenters. The lowest BCUT2D eigenvalue weighted by molar-refractivity contribution is -0.121. The van der Waals surface area contributed by atoms with Gasteiger partial charge in [-0.3, -0.25) is 9.59 Å². The third kappa shape index (κ3) is 4.81. The van der Waals surface area contributed by atoms with Crippen molar-refractivity contribution in [3.05, 3.63) is 11.4 Å². The number of nitrogens with one attached hydrogen (secondary N) is 3. The van der Waals surface area contributed by atoms with Crippen molar-refractivity contribution >= 4 is 11.8 Å². The third-order valence-corrected chi connectivity index (χ3v) is 5.40. The van der Waals surface area contributed by atoms with Crippen molar-refractivity contribution in [3.63, 3.8) is 0 Å². The largest absolute Gasteiger partial charge is 0.353 e. The second kappa shape index (κ2) is 9.12. The minimum atomic E-state index is -0.256. The minimum Gasteiger partial charge on any atom is -0.353 e. The van der Waals surface area contributed by atoms with Gasteiger partial charge in [-0.25, -0.2) is 4.68 Å². The highest BCUT2D eigenvalue weighted by Gasteiger charge is 2.23. The molecule has 8 nitrogen and oxygen atoms in total. The number of hydrogen-bond donors (Lipinski definition) is 3. The van der Waals surface area contributed by atoms with Gasteiger partial charge in [-0.2, -0.15) is 0 Å². The summed E-state index contributed by atoms with van der Waals surface area (Å²) in [5, 5.41) is 17.4. The number of carbonyl (C=O) groups is 2. The zero-order chi connectivity index (χ0) is 18.4. The number of rotatable bonds is 6. The molecule has 144 valence electrons. The van der Waals surface area contributed by atoms with E-state index in [1.165, 1.54) is 19.3 Å². The van der Waals surface area contributed by atoms with Crippen LogP contribution in [0.1, 0.15) is 73.6 Å². The molecule has 0 aromatic carbocycles. The van der Waals surface area contributed by atoms with Crippen LogP contribution in [0.3, 0.4) is 0 Å². The topological polar surface area (TPSA) is 101 Å². The highest BCUT2D eigenvalue weighted by Crippen LogP contribution is 2.20. The van der Waals surface area contributed by atoms with Gasteiger partial charge in [0.1, 0.15) is 0 Å². The number of nitrogens with zero attached hydrogens (tertiary/aromatic N) is 3. The van der Waals surface area contributed by atoms with Crippen molar-refractivity contribution in [2.45, 2.75) is 70.4 Å². The molecule has 26 heavy (non-hydrogen) atoms. The third-order valence-electron chi connectivity index (χ3n) is 5.40. The van der Waals surface area contributed by atoms with Crippen LogP contribution in [0.15, 0.2) is 0 Å². The van der Waals surface area contributed by atoms with Crippen molar-refractivity contribution in [1.29, 1.82) is 0 Å². The van der Waals surface area contributed by atoms with Crippen LogP contribution in [0.4, 0.5) is 0 Å². The van der Waals surface area contributed by atoms with Crippen molar-refractivity contribution in [2.24, 2.45) is 0 Å². The maximum atomic E-state index is 12.4. The molecule has 2 amide bonds. The lowest BCUT2D eigenvalue weighted by Crippen LogP contribution is -2.38.